The Labute approximate surface area is 125 Å². The molecule has 1 aromatic carbocycles. The normalized spacial score (nSPS) is 14.7. The third-order valence-electron chi connectivity index (χ3n) is 3.81. The number of nitriles is 1. The summed E-state index contributed by atoms with van der Waals surface area (Å²) in [7, 11) is 0. The summed E-state index contributed by atoms with van der Waals surface area (Å²) in [5, 5.41) is 17.7. The van der Waals surface area contributed by atoms with Crippen molar-refractivity contribution < 1.29 is 9.90 Å². The van der Waals surface area contributed by atoms with Gasteiger partial charge < -0.3 is 10.0 Å². The molecule has 1 fully saturated rings. The van der Waals surface area contributed by atoms with Gasteiger partial charge in [0.2, 0.25) is 5.91 Å². The van der Waals surface area contributed by atoms with Crippen molar-refractivity contribution in [1.82, 2.24) is 4.90 Å². The molecule has 0 bridgehead atoms. The van der Waals surface area contributed by atoms with Crippen LogP contribution in [0.25, 0.3) is 6.08 Å². The monoisotopic (exact) mass is 284 g/mol. The van der Waals surface area contributed by atoms with Crippen LogP contribution < -0.4 is 0 Å². The molecule has 0 saturated heterocycles. The average Bonchev–Trinajstić information content (AvgIpc) is 2.47. The Morgan fingerprint density at radius 1 is 1.38 bits per heavy atom. The number of aliphatic hydroxyl groups excluding tert-OH is 1. The Bertz CT molecular complexity index is 539. The summed E-state index contributed by atoms with van der Waals surface area (Å²) < 4.78 is 0. The van der Waals surface area contributed by atoms with Crippen molar-refractivity contribution in [1.29, 1.82) is 5.26 Å². The lowest BCUT2D eigenvalue weighted by molar-refractivity contribution is -0.130. The molecule has 4 nitrogen and oxygen atoms in total. The van der Waals surface area contributed by atoms with E-state index in [1.807, 2.05) is 17.0 Å². The molecule has 1 N–H and O–H groups in total. The Balaban J connectivity index is 1.99. The van der Waals surface area contributed by atoms with E-state index in [1.165, 1.54) is 6.42 Å². The van der Waals surface area contributed by atoms with E-state index < -0.39 is 0 Å². The van der Waals surface area contributed by atoms with Gasteiger partial charge in [-0.2, -0.15) is 5.26 Å². The van der Waals surface area contributed by atoms with Gasteiger partial charge >= 0.3 is 0 Å². The number of hydrogen-bond donors (Lipinski definition) is 1. The second-order valence-corrected chi connectivity index (χ2v) is 5.26. The fourth-order valence-electron chi connectivity index (χ4n) is 2.34. The Hall–Kier alpha value is -2.12. The third-order valence-corrected chi connectivity index (χ3v) is 3.81. The zero-order chi connectivity index (χ0) is 15.1. The van der Waals surface area contributed by atoms with E-state index in [9.17, 15) is 4.79 Å². The van der Waals surface area contributed by atoms with Crippen molar-refractivity contribution >= 4 is 12.0 Å². The molecule has 0 unspecified atom stereocenters. The van der Waals surface area contributed by atoms with E-state index in [0.29, 0.717) is 24.6 Å². The number of carbonyl (C=O) groups excluding carboxylic acids is 1. The largest absolute Gasteiger partial charge is 0.396 e. The molecule has 1 aliphatic rings. The molecule has 1 saturated carbocycles. The molecule has 110 valence electrons. The minimum atomic E-state index is -0.00231. The Morgan fingerprint density at radius 2 is 2.10 bits per heavy atom. The van der Waals surface area contributed by atoms with Gasteiger partial charge in [0.25, 0.3) is 0 Å². The molecule has 0 radical (unpaired) electrons. The van der Waals surface area contributed by atoms with Crippen LogP contribution in [0.3, 0.4) is 0 Å². The first kappa shape index (κ1) is 15.3. The molecule has 1 amide bonds. The van der Waals surface area contributed by atoms with E-state index in [1.54, 1.807) is 24.3 Å². The highest BCUT2D eigenvalue weighted by molar-refractivity contribution is 5.92. The summed E-state index contributed by atoms with van der Waals surface area (Å²) in [5.41, 5.74) is 1.51. The molecule has 21 heavy (non-hydrogen) atoms. The van der Waals surface area contributed by atoms with Crippen molar-refractivity contribution in [2.45, 2.75) is 31.7 Å². The van der Waals surface area contributed by atoms with Crippen LogP contribution in [0.5, 0.6) is 0 Å². The van der Waals surface area contributed by atoms with Crippen LogP contribution in [0.4, 0.5) is 0 Å². The number of nitrogens with zero attached hydrogens (tertiary/aromatic N) is 2. The van der Waals surface area contributed by atoms with Gasteiger partial charge in [-0.25, -0.2) is 0 Å². The first-order valence-electron chi connectivity index (χ1n) is 7.34. The third kappa shape index (κ3) is 4.17. The molecule has 4 heteroatoms. The zero-order valence-electron chi connectivity index (χ0n) is 12.0. The van der Waals surface area contributed by atoms with E-state index >= 15 is 0 Å². The van der Waals surface area contributed by atoms with Crippen LogP contribution in [-0.2, 0) is 4.79 Å². The smallest absolute Gasteiger partial charge is 0.246 e. The molecule has 2 rings (SSSR count). The summed E-state index contributed by atoms with van der Waals surface area (Å²) in [4.78, 5) is 14.1. The predicted octanol–water partition coefficient (Wildman–Crippen LogP) is 2.33. The highest BCUT2D eigenvalue weighted by Gasteiger charge is 2.26. The maximum Gasteiger partial charge on any atom is 0.246 e. The van der Waals surface area contributed by atoms with Crippen molar-refractivity contribution in [3.05, 3.63) is 41.5 Å². The lowest BCUT2D eigenvalue weighted by Gasteiger charge is -2.37. The number of aliphatic hydroxyl groups is 1. The van der Waals surface area contributed by atoms with Crippen LogP contribution >= 0.6 is 0 Å². The molecule has 0 atom stereocenters. The topological polar surface area (TPSA) is 64.3 Å². The van der Waals surface area contributed by atoms with E-state index in [2.05, 4.69) is 6.07 Å². The van der Waals surface area contributed by atoms with Crippen molar-refractivity contribution in [3.63, 3.8) is 0 Å². The fraction of sp³-hybridized carbons (Fsp3) is 0.412. The summed E-state index contributed by atoms with van der Waals surface area (Å²) in [5.74, 6) is -0.00231. The number of benzene rings is 1. The lowest BCUT2D eigenvalue weighted by atomic mass is 9.91. The first-order valence-corrected chi connectivity index (χ1v) is 7.34. The van der Waals surface area contributed by atoms with Crippen molar-refractivity contribution in [2.75, 3.05) is 13.2 Å². The molecular formula is C17H20N2O2. The first-order chi connectivity index (χ1) is 10.2. The van der Waals surface area contributed by atoms with Crippen LogP contribution in [0, 0.1) is 11.3 Å². The summed E-state index contributed by atoms with van der Waals surface area (Å²) in [6.07, 6.45) is 7.26. The molecule has 0 aliphatic heterocycles. The van der Waals surface area contributed by atoms with Gasteiger partial charge in [0.05, 0.1) is 11.6 Å². The second-order valence-electron chi connectivity index (χ2n) is 5.26. The number of hydrogen-bond acceptors (Lipinski definition) is 3. The highest BCUT2D eigenvalue weighted by atomic mass is 16.3. The maximum atomic E-state index is 12.3. The van der Waals surface area contributed by atoms with Crippen LogP contribution in [0.2, 0.25) is 0 Å². The predicted molar refractivity (Wildman–Crippen MR) is 81.2 cm³/mol. The molecule has 1 aromatic rings. The van der Waals surface area contributed by atoms with E-state index in [0.717, 1.165) is 18.4 Å². The Kier molecular flexibility index (Phi) is 5.53. The summed E-state index contributed by atoms with van der Waals surface area (Å²) >= 11 is 0. The molecule has 0 heterocycles. The summed E-state index contributed by atoms with van der Waals surface area (Å²) in [6, 6.07) is 9.51. The van der Waals surface area contributed by atoms with Gasteiger partial charge in [-0.3, -0.25) is 4.79 Å². The maximum absolute atomic E-state index is 12.3. The van der Waals surface area contributed by atoms with Gasteiger partial charge in [-0.05, 0) is 49.5 Å². The van der Waals surface area contributed by atoms with Gasteiger partial charge in [0.15, 0.2) is 0 Å². The molecular weight excluding hydrogens is 264 g/mol. The average molecular weight is 284 g/mol. The quantitative estimate of drug-likeness (QED) is 0.815. The zero-order valence-corrected chi connectivity index (χ0v) is 12.0. The fourth-order valence-corrected chi connectivity index (χ4v) is 2.34. The molecule has 0 spiro atoms. The summed E-state index contributed by atoms with van der Waals surface area (Å²) in [6.45, 7) is 0.716. The number of carbonyl (C=O) groups is 1. The number of rotatable bonds is 6. The lowest BCUT2D eigenvalue weighted by Crippen LogP contribution is -2.44. The Morgan fingerprint density at radius 3 is 2.62 bits per heavy atom. The second kappa shape index (κ2) is 7.61. The highest BCUT2D eigenvalue weighted by Crippen LogP contribution is 2.25. The minimum Gasteiger partial charge on any atom is -0.396 e. The van der Waals surface area contributed by atoms with E-state index in [-0.39, 0.29) is 12.5 Å². The van der Waals surface area contributed by atoms with Gasteiger partial charge in [0.1, 0.15) is 0 Å². The van der Waals surface area contributed by atoms with Crippen molar-refractivity contribution in [2.24, 2.45) is 0 Å². The van der Waals surface area contributed by atoms with E-state index in [4.69, 9.17) is 10.4 Å². The van der Waals surface area contributed by atoms with Crippen LogP contribution in [0.1, 0.15) is 36.8 Å². The van der Waals surface area contributed by atoms with Crippen molar-refractivity contribution in [3.8, 4) is 6.07 Å². The molecule has 0 aromatic heterocycles. The molecule has 1 aliphatic carbocycles. The minimum absolute atomic E-state index is 0.00231. The standard InChI is InChI=1S/C17H20N2O2/c18-13-15-7-5-14(6-8-15)9-10-17(21)19(11-2-12-20)16-3-1-4-16/h5-10,16,20H,1-4,11-12H2/b10-9+. The SMILES string of the molecule is N#Cc1ccc(/C=C/C(=O)N(CCCO)C2CCC2)cc1. The number of amides is 1. The van der Waals surface area contributed by atoms with Crippen LogP contribution in [-0.4, -0.2) is 35.1 Å². The van der Waals surface area contributed by atoms with Gasteiger partial charge in [0, 0.05) is 25.3 Å². The van der Waals surface area contributed by atoms with Gasteiger partial charge in [-0.1, -0.05) is 12.1 Å². The van der Waals surface area contributed by atoms with Gasteiger partial charge in [-0.15, -0.1) is 0 Å². The van der Waals surface area contributed by atoms with Crippen LogP contribution in [0.15, 0.2) is 30.3 Å².